The maximum absolute atomic E-state index is 13.8. The van der Waals surface area contributed by atoms with E-state index >= 15 is 0 Å². The van der Waals surface area contributed by atoms with Gasteiger partial charge in [0, 0.05) is 19.1 Å². The molecule has 4 amide bonds. The predicted molar refractivity (Wildman–Crippen MR) is 187 cm³/mol. The second-order valence-corrected chi connectivity index (χ2v) is 16.0. The number of amides is 4. The molecule has 2 heterocycles. The summed E-state index contributed by atoms with van der Waals surface area (Å²) in [5.74, 6) is -0.0944. The normalized spacial score (nSPS) is 23.8. The molecule has 4 N–H and O–H groups in total. The van der Waals surface area contributed by atoms with E-state index in [9.17, 15) is 19.2 Å². The predicted octanol–water partition coefficient (Wildman–Crippen LogP) is 5.41. The Hall–Kier alpha value is -3.54. The molecule has 3 aliphatic rings. The molecule has 2 bridgehead atoms. The van der Waals surface area contributed by atoms with Gasteiger partial charge in [0.1, 0.15) is 28.5 Å². The molecule has 0 radical (unpaired) electrons. The van der Waals surface area contributed by atoms with Crippen molar-refractivity contribution < 1.29 is 38.1 Å². The van der Waals surface area contributed by atoms with Crippen molar-refractivity contribution in [2.75, 3.05) is 19.8 Å². The highest BCUT2D eigenvalue weighted by Gasteiger charge is 2.43. The number of urea groups is 1. The zero-order valence-electron chi connectivity index (χ0n) is 31.0. The van der Waals surface area contributed by atoms with Gasteiger partial charge in [0.25, 0.3) is 0 Å². The summed E-state index contributed by atoms with van der Waals surface area (Å²) in [6.07, 6.45) is 3.78. The lowest BCUT2D eigenvalue weighted by atomic mass is 9.87. The summed E-state index contributed by atoms with van der Waals surface area (Å²) >= 11 is 0. The van der Waals surface area contributed by atoms with Gasteiger partial charge in [-0.1, -0.05) is 26.0 Å². The van der Waals surface area contributed by atoms with E-state index < -0.39 is 40.9 Å². The maximum Gasteiger partial charge on any atom is 0.407 e. The number of nitrogens with one attached hydrogen (secondary N) is 4. The van der Waals surface area contributed by atoms with E-state index in [2.05, 4.69) is 21.3 Å². The number of benzene rings is 1. The first-order chi connectivity index (χ1) is 22.8. The van der Waals surface area contributed by atoms with Crippen LogP contribution in [0.25, 0.3) is 0 Å². The summed E-state index contributed by atoms with van der Waals surface area (Å²) in [4.78, 5) is 53.6. The zero-order valence-corrected chi connectivity index (χ0v) is 31.0. The van der Waals surface area contributed by atoms with E-state index in [0.717, 1.165) is 30.6 Å². The number of hydrogen-bond donors (Lipinski definition) is 4. The molecule has 1 aromatic carbocycles. The van der Waals surface area contributed by atoms with Crippen molar-refractivity contribution in [1.82, 2.24) is 21.3 Å². The van der Waals surface area contributed by atoms with Crippen LogP contribution < -0.4 is 26.0 Å². The molecule has 0 saturated heterocycles. The van der Waals surface area contributed by atoms with E-state index in [1.54, 1.807) is 27.7 Å². The first-order valence-corrected chi connectivity index (χ1v) is 17.7. The van der Waals surface area contributed by atoms with Crippen LogP contribution in [-0.2, 0) is 30.2 Å². The molecule has 276 valence electrons. The number of carbonyl (C=O) groups excluding carboxylic acids is 4. The third-order valence-electron chi connectivity index (χ3n) is 8.56. The molecule has 1 fully saturated rings. The third kappa shape index (κ3) is 14.1. The van der Waals surface area contributed by atoms with E-state index in [4.69, 9.17) is 18.9 Å². The Morgan fingerprint density at radius 2 is 1.57 bits per heavy atom. The standard InChI is InChI=1S/C37H60N4O8/c1-24(2)30-23-46-18-10-11-19-47-28-16-13-25(14-17-28)21-29(31(42)39-30)40-33(44)41-37(9,32(43)48-35(3,4)5)22-26-12-15-27(20-26)38-34(45)49-36(6,7)8/h13-14,16-17,24,26-27,29-30H,10-12,15,18-23H2,1-9H3,(H,38,45)(H,39,42)(H2,40,41,44)/t26-,27-,29-,30-,37?/m1/s1. The van der Waals surface area contributed by atoms with Crippen LogP contribution in [0.4, 0.5) is 9.59 Å². The van der Waals surface area contributed by atoms with Gasteiger partial charge in [0.15, 0.2) is 0 Å². The van der Waals surface area contributed by atoms with Crippen molar-refractivity contribution in [1.29, 1.82) is 0 Å². The van der Waals surface area contributed by atoms with Gasteiger partial charge in [-0.2, -0.15) is 0 Å². The van der Waals surface area contributed by atoms with Gasteiger partial charge in [-0.3, -0.25) is 4.79 Å². The summed E-state index contributed by atoms with van der Waals surface area (Å²) in [6.45, 7) is 17.9. The lowest BCUT2D eigenvalue weighted by Gasteiger charge is -2.34. The molecule has 1 aromatic rings. The number of ether oxygens (including phenoxy) is 4. The Labute approximate surface area is 292 Å². The zero-order chi connectivity index (χ0) is 36.4. The van der Waals surface area contributed by atoms with Crippen LogP contribution in [0.3, 0.4) is 0 Å². The molecule has 1 aliphatic carbocycles. The van der Waals surface area contributed by atoms with Crippen molar-refractivity contribution in [3.63, 3.8) is 0 Å². The third-order valence-corrected chi connectivity index (χ3v) is 8.56. The lowest BCUT2D eigenvalue weighted by molar-refractivity contribution is -0.162. The number of alkyl carbamates (subject to hydrolysis) is 1. The SMILES string of the molecule is CC(C)[C@H]1COCCCCOc2ccc(cc2)C[C@@H](NC(=O)NC(C)(C[C@@H]2CC[C@@H](NC(=O)OC(C)(C)C)C2)C(=O)OC(C)(C)C)C(=O)N1. The Balaban J connectivity index is 1.79. The number of esters is 1. The van der Waals surface area contributed by atoms with Gasteiger partial charge in [-0.05, 0) is 117 Å². The van der Waals surface area contributed by atoms with Crippen molar-refractivity contribution in [3.8, 4) is 5.75 Å². The van der Waals surface area contributed by atoms with Crippen LogP contribution in [0.2, 0.25) is 0 Å². The number of fused-ring (bicyclic) bond motifs is 13. The first-order valence-electron chi connectivity index (χ1n) is 17.7. The van der Waals surface area contributed by atoms with Crippen LogP contribution in [0.5, 0.6) is 5.75 Å². The van der Waals surface area contributed by atoms with Crippen molar-refractivity contribution in [3.05, 3.63) is 29.8 Å². The molecule has 5 atom stereocenters. The van der Waals surface area contributed by atoms with Crippen LogP contribution in [-0.4, -0.2) is 78.7 Å². The molecule has 0 spiro atoms. The van der Waals surface area contributed by atoms with E-state index in [0.29, 0.717) is 32.7 Å². The van der Waals surface area contributed by atoms with Gasteiger partial charge in [-0.15, -0.1) is 0 Å². The smallest absolute Gasteiger partial charge is 0.407 e. The van der Waals surface area contributed by atoms with Crippen LogP contribution in [0.15, 0.2) is 24.3 Å². The van der Waals surface area contributed by atoms with E-state index in [1.807, 2.05) is 58.9 Å². The average molecular weight is 689 g/mol. The fraction of sp³-hybridized carbons (Fsp3) is 0.730. The molecule has 12 nitrogen and oxygen atoms in total. The molecule has 4 rings (SSSR count). The summed E-state index contributed by atoms with van der Waals surface area (Å²) in [7, 11) is 0. The lowest BCUT2D eigenvalue weighted by Crippen LogP contribution is -2.61. The molecular weight excluding hydrogens is 628 g/mol. The summed E-state index contributed by atoms with van der Waals surface area (Å²) in [6, 6.07) is 5.50. The van der Waals surface area contributed by atoms with Gasteiger partial charge < -0.3 is 40.2 Å². The summed E-state index contributed by atoms with van der Waals surface area (Å²) in [5.41, 5.74) is -1.98. The topological polar surface area (TPSA) is 153 Å². The second-order valence-electron chi connectivity index (χ2n) is 16.0. The molecule has 1 saturated carbocycles. The summed E-state index contributed by atoms with van der Waals surface area (Å²) < 4.78 is 23.0. The van der Waals surface area contributed by atoms with Gasteiger partial charge >= 0.3 is 18.1 Å². The molecule has 1 unspecified atom stereocenters. The Bertz CT molecular complexity index is 1260. The minimum absolute atomic E-state index is 0.0104. The Kier molecular flexibility index (Phi) is 14.2. The van der Waals surface area contributed by atoms with Crippen molar-refractivity contribution >= 4 is 24.0 Å². The minimum atomic E-state index is -1.41. The van der Waals surface area contributed by atoms with E-state index in [1.165, 1.54) is 0 Å². The molecule has 2 aliphatic heterocycles. The molecule has 12 heteroatoms. The minimum Gasteiger partial charge on any atom is -0.494 e. The van der Waals surface area contributed by atoms with Gasteiger partial charge in [0.05, 0.1) is 19.3 Å². The van der Waals surface area contributed by atoms with Gasteiger partial charge in [-0.25, -0.2) is 14.4 Å². The van der Waals surface area contributed by atoms with Crippen LogP contribution in [0.1, 0.15) is 106 Å². The van der Waals surface area contributed by atoms with E-state index in [-0.39, 0.29) is 42.7 Å². The number of carbonyl (C=O) groups is 4. The largest absolute Gasteiger partial charge is 0.494 e. The monoisotopic (exact) mass is 688 g/mol. The highest BCUT2D eigenvalue weighted by atomic mass is 16.6. The van der Waals surface area contributed by atoms with Crippen molar-refractivity contribution in [2.45, 2.75) is 142 Å². The fourth-order valence-corrected chi connectivity index (χ4v) is 6.02. The number of hydrogen-bond acceptors (Lipinski definition) is 8. The number of rotatable bonds is 7. The summed E-state index contributed by atoms with van der Waals surface area (Å²) in [5, 5.41) is 11.8. The maximum atomic E-state index is 13.8. The quantitative estimate of drug-likeness (QED) is 0.278. The molecule has 0 aromatic heterocycles. The van der Waals surface area contributed by atoms with Crippen molar-refractivity contribution in [2.24, 2.45) is 11.8 Å². The highest BCUT2D eigenvalue weighted by Crippen LogP contribution is 2.34. The molecule has 49 heavy (non-hydrogen) atoms. The molecular formula is C37H60N4O8. The first kappa shape index (κ1) is 39.9. The van der Waals surface area contributed by atoms with Crippen LogP contribution in [0, 0.1) is 11.8 Å². The Morgan fingerprint density at radius 1 is 0.918 bits per heavy atom. The average Bonchev–Trinajstić information content (AvgIpc) is 3.39. The Morgan fingerprint density at radius 3 is 2.20 bits per heavy atom. The second kappa shape index (κ2) is 17.4. The van der Waals surface area contributed by atoms with Gasteiger partial charge in [0.2, 0.25) is 5.91 Å². The fourth-order valence-electron chi connectivity index (χ4n) is 6.02. The highest BCUT2D eigenvalue weighted by molar-refractivity contribution is 5.91. The van der Waals surface area contributed by atoms with Crippen LogP contribution >= 0.6 is 0 Å².